The lowest BCUT2D eigenvalue weighted by Crippen LogP contribution is -2.26. The largest absolute Gasteiger partial charge is 0.0758 e. The highest BCUT2D eigenvalue weighted by Crippen LogP contribution is 2.55. The minimum atomic E-state index is 0.0318. The van der Waals surface area contributed by atoms with Crippen LogP contribution < -0.4 is 0 Å². The number of benzene rings is 4. The number of aryl methyl sites for hydroxylation is 2. The first kappa shape index (κ1) is 23.7. The third-order valence-corrected chi connectivity index (χ3v) is 9.25. The smallest absolute Gasteiger partial charge is 0.00875 e. The van der Waals surface area contributed by atoms with Crippen molar-refractivity contribution in [1.29, 1.82) is 0 Å². The van der Waals surface area contributed by atoms with Gasteiger partial charge in [-0.05, 0) is 99.9 Å². The molecule has 2 aliphatic carbocycles. The molecule has 4 aromatic carbocycles. The Hall–Kier alpha value is -3.64. The lowest BCUT2D eigenvalue weighted by Gasteiger charge is -2.37. The van der Waals surface area contributed by atoms with Gasteiger partial charge >= 0.3 is 0 Å². The van der Waals surface area contributed by atoms with E-state index in [4.69, 9.17) is 0 Å². The molecule has 2 unspecified atom stereocenters. The Labute approximate surface area is 222 Å². The predicted octanol–water partition coefficient (Wildman–Crippen LogP) is 10.2. The van der Waals surface area contributed by atoms with Crippen molar-refractivity contribution in [3.8, 4) is 22.3 Å². The highest BCUT2D eigenvalue weighted by Gasteiger charge is 2.41. The van der Waals surface area contributed by atoms with Gasteiger partial charge in [0.05, 0.1) is 0 Å². The monoisotopic (exact) mass is 480 g/mol. The average molecular weight is 481 g/mol. The van der Waals surface area contributed by atoms with Gasteiger partial charge in [-0.15, -0.1) is 0 Å². The fraction of sp³-hybridized carbons (Fsp3) is 0.243. The Kier molecular flexibility index (Phi) is 5.60. The van der Waals surface area contributed by atoms with Crippen LogP contribution >= 0.6 is 0 Å². The van der Waals surface area contributed by atoms with E-state index in [0.29, 0.717) is 11.8 Å². The molecule has 0 aliphatic heterocycles. The summed E-state index contributed by atoms with van der Waals surface area (Å²) >= 11 is 0. The molecular weight excluding hydrogens is 444 g/mol. The first-order valence-corrected chi connectivity index (χ1v) is 13.5. The maximum atomic E-state index is 2.46. The molecule has 0 radical (unpaired) electrons. The summed E-state index contributed by atoms with van der Waals surface area (Å²) in [7, 11) is 0. The molecule has 2 aliphatic rings. The van der Waals surface area contributed by atoms with Crippen LogP contribution in [0.4, 0.5) is 0 Å². The van der Waals surface area contributed by atoms with E-state index in [-0.39, 0.29) is 5.41 Å². The molecule has 0 heterocycles. The van der Waals surface area contributed by atoms with Crippen LogP contribution in [0.3, 0.4) is 0 Å². The lowest BCUT2D eigenvalue weighted by atomic mass is 9.66. The number of hydrogen-bond acceptors (Lipinski definition) is 0. The van der Waals surface area contributed by atoms with Crippen LogP contribution in [0.5, 0.6) is 0 Å². The van der Waals surface area contributed by atoms with Crippen molar-refractivity contribution in [3.05, 3.63) is 129 Å². The van der Waals surface area contributed by atoms with Gasteiger partial charge in [0.1, 0.15) is 0 Å². The van der Waals surface area contributed by atoms with E-state index in [1.54, 1.807) is 0 Å². The van der Waals surface area contributed by atoms with Gasteiger partial charge in [0.2, 0.25) is 0 Å². The summed E-state index contributed by atoms with van der Waals surface area (Å²) in [6.45, 7) is 13.8. The fourth-order valence-corrected chi connectivity index (χ4v) is 6.72. The zero-order valence-electron chi connectivity index (χ0n) is 22.9. The van der Waals surface area contributed by atoms with Crippen LogP contribution in [0, 0.1) is 33.1 Å². The van der Waals surface area contributed by atoms with Crippen LogP contribution in [-0.4, -0.2) is 0 Å². The van der Waals surface area contributed by atoms with Gasteiger partial charge in [-0.25, -0.2) is 0 Å². The molecule has 0 saturated carbocycles. The maximum Gasteiger partial charge on any atom is 0.00875 e. The average Bonchev–Trinajstić information content (AvgIpc) is 3.53. The molecule has 0 bridgehead atoms. The zero-order chi connectivity index (χ0) is 25.9. The molecular formula is C37H36. The summed E-state index contributed by atoms with van der Waals surface area (Å²) in [5.74, 6) is 0.718. The normalized spacial score (nSPS) is 17.8. The fourth-order valence-electron chi connectivity index (χ4n) is 6.72. The number of fused-ring (bicyclic) bond motifs is 2. The molecule has 37 heavy (non-hydrogen) atoms. The highest BCUT2D eigenvalue weighted by molar-refractivity contribution is 5.84. The van der Waals surface area contributed by atoms with Gasteiger partial charge in [-0.3, -0.25) is 0 Å². The molecule has 0 saturated heterocycles. The summed E-state index contributed by atoms with van der Waals surface area (Å²) in [6, 6.07) is 27.1. The summed E-state index contributed by atoms with van der Waals surface area (Å²) in [5.41, 5.74) is 16.6. The van der Waals surface area contributed by atoms with Crippen molar-refractivity contribution in [1.82, 2.24) is 0 Å². The molecule has 0 nitrogen and oxygen atoms in total. The van der Waals surface area contributed by atoms with E-state index in [1.807, 2.05) is 0 Å². The summed E-state index contributed by atoms with van der Waals surface area (Å²) in [4.78, 5) is 0. The van der Waals surface area contributed by atoms with Crippen LogP contribution in [-0.2, 0) is 0 Å². The number of allylic oxidation sites excluding steroid dienone is 2. The third kappa shape index (κ3) is 3.65. The molecule has 0 spiro atoms. The van der Waals surface area contributed by atoms with Crippen molar-refractivity contribution in [2.24, 2.45) is 5.41 Å². The van der Waals surface area contributed by atoms with Crippen LogP contribution in [0.25, 0.3) is 34.4 Å². The standard InChI is InChI=1S/C37H36/c1-23-11-7-13-27(25(23)3)29-15-9-17-33-31(29)19-21-35(33)37(5,6)36-22-20-32-30(16-10-18-34(32)36)28-14-8-12-24(2)26(28)4/h7-22,35-36H,1-6H3. The predicted molar refractivity (Wildman–Crippen MR) is 160 cm³/mol. The van der Waals surface area contributed by atoms with E-state index >= 15 is 0 Å². The first-order valence-electron chi connectivity index (χ1n) is 13.5. The van der Waals surface area contributed by atoms with Crippen molar-refractivity contribution in [2.45, 2.75) is 53.4 Å². The van der Waals surface area contributed by atoms with Gasteiger partial charge in [-0.2, -0.15) is 0 Å². The Bertz CT molecular complexity index is 1470. The van der Waals surface area contributed by atoms with Crippen LogP contribution in [0.1, 0.15) is 70.2 Å². The van der Waals surface area contributed by atoms with Gasteiger partial charge in [0.15, 0.2) is 0 Å². The Morgan fingerprint density at radius 2 is 0.865 bits per heavy atom. The van der Waals surface area contributed by atoms with E-state index < -0.39 is 0 Å². The Balaban J connectivity index is 1.41. The summed E-state index contributed by atoms with van der Waals surface area (Å²) in [6.07, 6.45) is 9.68. The van der Waals surface area contributed by atoms with Crippen molar-refractivity contribution in [3.63, 3.8) is 0 Å². The van der Waals surface area contributed by atoms with Crippen LogP contribution in [0.2, 0.25) is 0 Å². The molecule has 184 valence electrons. The van der Waals surface area contributed by atoms with Crippen molar-refractivity contribution < 1.29 is 0 Å². The summed E-state index contributed by atoms with van der Waals surface area (Å²) < 4.78 is 0. The Morgan fingerprint density at radius 3 is 1.30 bits per heavy atom. The van der Waals surface area contributed by atoms with E-state index in [0.717, 1.165) is 0 Å². The van der Waals surface area contributed by atoms with Gasteiger partial charge in [-0.1, -0.05) is 111 Å². The maximum absolute atomic E-state index is 2.46. The van der Waals surface area contributed by atoms with E-state index in [1.165, 1.54) is 66.8 Å². The highest BCUT2D eigenvalue weighted by atomic mass is 14.4. The molecule has 4 aromatic rings. The van der Waals surface area contributed by atoms with Crippen molar-refractivity contribution in [2.75, 3.05) is 0 Å². The topological polar surface area (TPSA) is 0 Å². The number of hydrogen-bond donors (Lipinski definition) is 0. The molecule has 2 atom stereocenters. The second kappa shape index (κ2) is 8.73. The first-order chi connectivity index (χ1) is 17.8. The molecule has 0 aromatic heterocycles. The third-order valence-electron chi connectivity index (χ3n) is 9.25. The minimum absolute atomic E-state index is 0.0318. The van der Waals surface area contributed by atoms with Gasteiger partial charge in [0, 0.05) is 11.8 Å². The van der Waals surface area contributed by atoms with E-state index in [9.17, 15) is 0 Å². The van der Waals surface area contributed by atoms with Gasteiger partial charge < -0.3 is 0 Å². The molecule has 6 rings (SSSR count). The van der Waals surface area contributed by atoms with Crippen molar-refractivity contribution >= 4 is 12.2 Å². The zero-order valence-corrected chi connectivity index (χ0v) is 22.9. The molecule has 0 fully saturated rings. The lowest BCUT2D eigenvalue weighted by molar-refractivity contribution is 0.292. The quantitative estimate of drug-likeness (QED) is 0.272. The van der Waals surface area contributed by atoms with E-state index in [2.05, 4.69) is 139 Å². The minimum Gasteiger partial charge on any atom is -0.0758 e. The molecule has 0 heteroatoms. The second-order valence-corrected chi connectivity index (χ2v) is 11.6. The second-order valence-electron chi connectivity index (χ2n) is 11.6. The summed E-state index contributed by atoms with van der Waals surface area (Å²) in [5, 5.41) is 0. The Morgan fingerprint density at radius 1 is 0.486 bits per heavy atom. The number of rotatable bonds is 4. The SMILES string of the molecule is Cc1cccc(-c2cccc3c2C=CC3C(C)(C)C2C=Cc3c(-c4cccc(C)c4C)cccc32)c1C. The van der Waals surface area contributed by atoms with Crippen LogP contribution in [0.15, 0.2) is 84.9 Å². The van der Waals surface area contributed by atoms with Gasteiger partial charge in [0.25, 0.3) is 0 Å². The molecule has 0 N–H and O–H groups in total. The molecule has 0 amide bonds.